The second-order valence-corrected chi connectivity index (χ2v) is 8.16. The van der Waals surface area contributed by atoms with E-state index in [1.807, 2.05) is 31.2 Å². The molecule has 0 aromatic heterocycles. The van der Waals surface area contributed by atoms with Gasteiger partial charge in [0, 0.05) is 19.3 Å². The Morgan fingerprint density at radius 3 is 2.27 bits per heavy atom. The van der Waals surface area contributed by atoms with E-state index in [1.54, 1.807) is 34.8 Å². The summed E-state index contributed by atoms with van der Waals surface area (Å²) in [6.45, 7) is 3.81. The van der Waals surface area contributed by atoms with E-state index in [1.165, 1.54) is 0 Å². The molecule has 3 rings (SSSR count). The number of hydrogen-bond acceptors (Lipinski definition) is 4. The fourth-order valence-corrected chi connectivity index (χ4v) is 4.44. The van der Waals surface area contributed by atoms with Gasteiger partial charge in [0.1, 0.15) is 5.75 Å². The van der Waals surface area contributed by atoms with Gasteiger partial charge in [-0.25, -0.2) is 8.42 Å². The van der Waals surface area contributed by atoms with Crippen LogP contribution in [0.2, 0.25) is 0 Å². The summed E-state index contributed by atoms with van der Waals surface area (Å²) in [7, 11) is -3.39. The molecule has 1 saturated heterocycles. The van der Waals surface area contributed by atoms with Gasteiger partial charge in [-0.2, -0.15) is 4.31 Å². The van der Waals surface area contributed by atoms with Crippen molar-refractivity contribution in [2.45, 2.75) is 31.1 Å². The number of benzene rings is 2. The molecular weight excluding hydrogens is 348 g/mol. The van der Waals surface area contributed by atoms with Crippen LogP contribution in [0.5, 0.6) is 5.75 Å². The Morgan fingerprint density at radius 2 is 1.65 bits per heavy atom. The Bertz CT molecular complexity index is 838. The zero-order valence-corrected chi connectivity index (χ0v) is 15.8. The monoisotopic (exact) mass is 372 g/mol. The van der Waals surface area contributed by atoms with Crippen LogP contribution in [0.4, 0.5) is 5.69 Å². The summed E-state index contributed by atoms with van der Waals surface area (Å²) in [5.74, 6) is 0.830. The summed E-state index contributed by atoms with van der Waals surface area (Å²) in [5, 5.41) is 0. The lowest BCUT2D eigenvalue weighted by Gasteiger charge is -2.25. The molecule has 1 aliphatic heterocycles. The van der Waals surface area contributed by atoms with Crippen molar-refractivity contribution in [3.63, 3.8) is 0 Å². The molecule has 2 aromatic rings. The molecule has 0 spiro atoms. The van der Waals surface area contributed by atoms with Crippen molar-refractivity contribution in [2.24, 2.45) is 4.99 Å². The predicted octanol–water partition coefficient (Wildman–Crippen LogP) is 4.01. The first-order valence-electron chi connectivity index (χ1n) is 8.97. The van der Waals surface area contributed by atoms with Crippen LogP contribution in [0.25, 0.3) is 0 Å². The minimum absolute atomic E-state index is 0.333. The Kier molecular flexibility index (Phi) is 6.06. The molecule has 5 nitrogen and oxygen atoms in total. The van der Waals surface area contributed by atoms with Crippen LogP contribution >= 0.6 is 0 Å². The SMILES string of the molecule is CCOc1ccc(C=Nc2ccc(S(=O)(=O)N3CCCCC3)cc2)cc1. The van der Waals surface area contributed by atoms with Crippen molar-refractivity contribution in [3.05, 3.63) is 54.1 Å². The summed E-state index contributed by atoms with van der Waals surface area (Å²) in [6.07, 6.45) is 4.72. The van der Waals surface area contributed by atoms with Crippen LogP contribution in [0, 0.1) is 0 Å². The van der Waals surface area contributed by atoms with E-state index in [9.17, 15) is 8.42 Å². The zero-order chi connectivity index (χ0) is 18.4. The van der Waals surface area contributed by atoms with Gasteiger partial charge in [0.05, 0.1) is 17.2 Å². The van der Waals surface area contributed by atoms with Crippen LogP contribution in [0.1, 0.15) is 31.7 Å². The smallest absolute Gasteiger partial charge is 0.243 e. The van der Waals surface area contributed by atoms with E-state index in [0.29, 0.717) is 24.6 Å². The molecule has 1 fully saturated rings. The van der Waals surface area contributed by atoms with Crippen molar-refractivity contribution >= 4 is 21.9 Å². The largest absolute Gasteiger partial charge is 0.494 e. The van der Waals surface area contributed by atoms with Crippen LogP contribution in [0.3, 0.4) is 0 Å². The first-order chi connectivity index (χ1) is 12.6. The Hall–Kier alpha value is -2.18. The molecule has 0 N–H and O–H groups in total. The van der Waals surface area contributed by atoms with Crippen molar-refractivity contribution in [2.75, 3.05) is 19.7 Å². The summed E-state index contributed by atoms with van der Waals surface area (Å²) in [5.41, 5.74) is 1.68. The third kappa shape index (κ3) is 4.51. The van der Waals surface area contributed by atoms with E-state index < -0.39 is 10.0 Å². The zero-order valence-electron chi connectivity index (χ0n) is 15.0. The van der Waals surface area contributed by atoms with Crippen molar-refractivity contribution < 1.29 is 13.2 Å². The van der Waals surface area contributed by atoms with Crippen molar-refractivity contribution in [3.8, 4) is 5.75 Å². The Labute approximate surface area is 155 Å². The van der Waals surface area contributed by atoms with Gasteiger partial charge in [-0.15, -0.1) is 0 Å². The van der Waals surface area contributed by atoms with Gasteiger partial charge in [0.15, 0.2) is 0 Å². The Morgan fingerprint density at radius 1 is 1.00 bits per heavy atom. The molecule has 0 saturated carbocycles. The van der Waals surface area contributed by atoms with E-state index in [4.69, 9.17) is 4.74 Å². The second kappa shape index (κ2) is 8.47. The lowest BCUT2D eigenvalue weighted by atomic mass is 10.2. The standard InChI is InChI=1S/C20H24N2O3S/c1-2-25-19-10-6-17(7-11-19)16-21-18-8-12-20(13-9-18)26(23,24)22-14-4-3-5-15-22/h6-13,16H,2-5,14-15H2,1H3. The number of aliphatic imine (C=N–C) groups is 1. The molecule has 0 atom stereocenters. The number of rotatable bonds is 6. The molecule has 26 heavy (non-hydrogen) atoms. The highest BCUT2D eigenvalue weighted by molar-refractivity contribution is 7.89. The quantitative estimate of drug-likeness (QED) is 0.720. The van der Waals surface area contributed by atoms with Gasteiger partial charge in [0.2, 0.25) is 10.0 Å². The normalized spacial score (nSPS) is 16.0. The molecule has 0 unspecified atom stereocenters. The van der Waals surface area contributed by atoms with Gasteiger partial charge in [-0.1, -0.05) is 6.42 Å². The van der Waals surface area contributed by atoms with Crippen LogP contribution in [0.15, 0.2) is 58.4 Å². The molecular formula is C20H24N2O3S. The van der Waals surface area contributed by atoms with E-state index >= 15 is 0 Å². The summed E-state index contributed by atoms with van der Waals surface area (Å²) in [4.78, 5) is 4.75. The first kappa shape index (κ1) is 18.6. The fourth-order valence-electron chi connectivity index (χ4n) is 2.92. The third-order valence-corrected chi connectivity index (χ3v) is 6.26. The number of piperidine rings is 1. The maximum atomic E-state index is 12.6. The van der Waals surface area contributed by atoms with Gasteiger partial charge < -0.3 is 4.74 Å². The molecule has 138 valence electrons. The van der Waals surface area contributed by atoms with Gasteiger partial charge in [-0.3, -0.25) is 4.99 Å². The summed E-state index contributed by atoms with van der Waals surface area (Å²) in [6, 6.07) is 14.4. The van der Waals surface area contributed by atoms with Gasteiger partial charge >= 0.3 is 0 Å². The number of ether oxygens (including phenoxy) is 1. The highest BCUT2D eigenvalue weighted by Gasteiger charge is 2.25. The van der Waals surface area contributed by atoms with Crippen LogP contribution < -0.4 is 4.74 Å². The fraction of sp³-hybridized carbons (Fsp3) is 0.350. The topological polar surface area (TPSA) is 59.0 Å². The summed E-state index contributed by atoms with van der Waals surface area (Å²) < 4.78 is 32.3. The van der Waals surface area contributed by atoms with Gasteiger partial charge in [0.25, 0.3) is 0 Å². The molecule has 1 aliphatic rings. The maximum Gasteiger partial charge on any atom is 0.243 e. The average Bonchev–Trinajstić information content (AvgIpc) is 2.69. The molecule has 1 heterocycles. The predicted molar refractivity (Wildman–Crippen MR) is 104 cm³/mol. The van der Waals surface area contributed by atoms with Crippen LogP contribution in [-0.2, 0) is 10.0 Å². The number of sulfonamides is 1. The molecule has 6 heteroatoms. The molecule has 0 aliphatic carbocycles. The minimum Gasteiger partial charge on any atom is -0.494 e. The molecule has 0 amide bonds. The lowest BCUT2D eigenvalue weighted by molar-refractivity contribution is 0.340. The summed E-state index contributed by atoms with van der Waals surface area (Å²) >= 11 is 0. The highest BCUT2D eigenvalue weighted by Crippen LogP contribution is 2.23. The first-order valence-corrected chi connectivity index (χ1v) is 10.4. The van der Waals surface area contributed by atoms with Crippen molar-refractivity contribution in [1.29, 1.82) is 0 Å². The lowest BCUT2D eigenvalue weighted by Crippen LogP contribution is -2.35. The maximum absolute atomic E-state index is 12.6. The Balaban J connectivity index is 1.69. The molecule has 0 radical (unpaired) electrons. The second-order valence-electron chi connectivity index (χ2n) is 6.22. The average molecular weight is 372 g/mol. The van der Waals surface area contributed by atoms with E-state index in [0.717, 1.165) is 36.3 Å². The number of hydrogen-bond donors (Lipinski definition) is 0. The highest BCUT2D eigenvalue weighted by atomic mass is 32.2. The number of nitrogens with zero attached hydrogens (tertiary/aromatic N) is 2. The minimum atomic E-state index is -3.39. The molecule has 0 bridgehead atoms. The van der Waals surface area contributed by atoms with Crippen molar-refractivity contribution in [1.82, 2.24) is 4.31 Å². The van der Waals surface area contributed by atoms with Gasteiger partial charge in [-0.05, 0) is 73.9 Å². The molecule has 2 aromatic carbocycles. The third-order valence-electron chi connectivity index (χ3n) is 4.34. The van der Waals surface area contributed by atoms with E-state index in [-0.39, 0.29) is 0 Å². The van der Waals surface area contributed by atoms with E-state index in [2.05, 4.69) is 4.99 Å². The van der Waals surface area contributed by atoms with Crippen LogP contribution in [-0.4, -0.2) is 38.6 Å².